The molecule has 3 unspecified atom stereocenters. The van der Waals surface area contributed by atoms with Gasteiger partial charge in [0.1, 0.15) is 6.61 Å². The van der Waals surface area contributed by atoms with Gasteiger partial charge in [-0.15, -0.1) is 0 Å². The molecule has 0 bridgehead atoms. The molecule has 0 spiro atoms. The third kappa shape index (κ3) is 5.75. The van der Waals surface area contributed by atoms with E-state index >= 15 is 0 Å². The lowest BCUT2D eigenvalue weighted by Crippen LogP contribution is -2.51. The Balaban J connectivity index is 1.34. The zero-order valence-electron chi connectivity index (χ0n) is 24.5. The second-order valence-electron chi connectivity index (χ2n) is 11.0. The lowest BCUT2D eigenvalue weighted by molar-refractivity contribution is -0.384. The molecule has 228 valence electrons. The maximum atomic E-state index is 14.4. The van der Waals surface area contributed by atoms with E-state index in [1.165, 1.54) is 29.2 Å². The van der Waals surface area contributed by atoms with Gasteiger partial charge in [0.15, 0.2) is 16.0 Å². The number of carbonyl (C=O) groups excluding carboxylic acids is 2. The van der Waals surface area contributed by atoms with E-state index in [-0.39, 0.29) is 36.4 Å². The van der Waals surface area contributed by atoms with E-state index < -0.39 is 33.0 Å². The fourth-order valence-corrected chi connectivity index (χ4v) is 7.54. The molecule has 2 aliphatic heterocycles. The molecule has 6 rings (SSSR count). The monoisotopic (exact) mass is 621 g/mol. The molecule has 0 radical (unpaired) electrons. The predicted molar refractivity (Wildman–Crippen MR) is 170 cm³/mol. The smallest absolute Gasteiger partial charge is 0.360 e. The summed E-state index contributed by atoms with van der Waals surface area (Å²) in [5.41, 5.74) is 2.47. The summed E-state index contributed by atoms with van der Waals surface area (Å²) in [6.45, 7) is 1.67. The second-order valence-corrected chi connectivity index (χ2v) is 12.8. The molecule has 4 aromatic rings. The number of non-ortho nitro benzene ring substituents is 1. The summed E-state index contributed by atoms with van der Waals surface area (Å²) in [5, 5.41) is 14.0. The SMILES string of the molecule is CC(NC(c1ccccc1)(c1ccccc1)c1ccccc1)[S+]([O-])C1=C(C(=O)OCc2ccc([N+](=O)[O-])cc2)N2C(=O)CC2C1. The highest BCUT2D eigenvalue weighted by Crippen LogP contribution is 2.43. The molecule has 3 atom stereocenters. The summed E-state index contributed by atoms with van der Waals surface area (Å²) in [7, 11) is 0. The first-order chi connectivity index (χ1) is 21.8. The molecule has 1 saturated heterocycles. The van der Waals surface area contributed by atoms with E-state index in [4.69, 9.17) is 4.74 Å². The standard InChI is InChI=1S/C35H31N3O6S/c1-24(36-35(26-11-5-2-6-12-26,27-13-7-3-8-14-27)28-15-9-4-10-16-28)45(43)31-21-30-22-32(39)37(30)33(31)34(40)44-23-25-17-19-29(20-18-25)38(41)42/h2-20,24,30,36H,21-23H2,1H3. The van der Waals surface area contributed by atoms with E-state index in [2.05, 4.69) is 5.32 Å². The van der Waals surface area contributed by atoms with Crippen LogP contribution in [0.2, 0.25) is 0 Å². The van der Waals surface area contributed by atoms with Crippen LogP contribution < -0.4 is 5.32 Å². The molecular formula is C35H31N3O6S. The van der Waals surface area contributed by atoms with E-state index in [9.17, 15) is 24.3 Å². The maximum Gasteiger partial charge on any atom is 0.360 e. The van der Waals surface area contributed by atoms with Gasteiger partial charge in [-0.25, -0.2) is 4.79 Å². The van der Waals surface area contributed by atoms with Crippen molar-refractivity contribution in [3.8, 4) is 0 Å². The van der Waals surface area contributed by atoms with Crippen molar-refractivity contribution in [3.05, 3.63) is 158 Å². The minimum Gasteiger partial charge on any atom is -0.610 e. The first-order valence-electron chi connectivity index (χ1n) is 14.6. The second kappa shape index (κ2) is 12.7. The Hall–Kier alpha value is -4.77. The third-order valence-corrected chi connectivity index (χ3v) is 9.89. The number of rotatable bonds is 11. The highest BCUT2D eigenvalue weighted by atomic mass is 32.2. The summed E-state index contributed by atoms with van der Waals surface area (Å²) in [6, 6.07) is 35.3. The van der Waals surface area contributed by atoms with Gasteiger partial charge in [0, 0.05) is 36.2 Å². The average molecular weight is 622 g/mol. The number of β-lactam (4-membered cyclic amide) rings is 1. The molecule has 10 heteroatoms. The van der Waals surface area contributed by atoms with Gasteiger partial charge in [-0.1, -0.05) is 91.0 Å². The Kier molecular flexibility index (Phi) is 8.53. The number of benzene rings is 4. The van der Waals surface area contributed by atoms with Crippen LogP contribution in [0.15, 0.2) is 126 Å². The van der Waals surface area contributed by atoms with Crippen LogP contribution in [0.3, 0.4) is 0 Å². The van der Waals surface area contributed by atoms with Crippen molar-refractivity contribution in [2.24, 2.45) is 0 Å². The Morgan fingerprint density at radius 2 is 1.42 bits per heavy atom. The molecular weight excluding hydrogens is 590 g/mol. The molecule has 1 fully saturated rings. The van der Waals surface area contributed by atoms with Crippen molar-refractivity contribution >= 4 is 28.7 Å². The minimum absolute atomic E-state index is 0.0230. The zero-order valence-corrected chi connectivity index (χ0v) is 25.3. The van der Waals surface area contributed by atoms with Crippen LogP contribution >= 0.6 is 0 Å². The van der Waals surface area contributed by atoms with Crippen LogP contribution in [0.25, 0.3) is 0 Å². The van der Waals surface area contributed by atoms with Crippen LogP contribution in [0.5, 0.6) is 0 Å². The lowest BCUT2D eigenvalue weighted by atomic mass is 9.77. The fraction of sp³-hybridized carbons (Fsp3) is 0.200. The fourth-order valence-electron chi connectivity index (χ4n) is 6.11. The molecule has 2 aliphatic rings. The Labute approximate surface area is 263 Å². The molecule has 9 nitrogen and oxygen atoms in total. The number of hydrogen-bond donors (Lipinski definition) is 1. The predicted octanol–water partition coefficient (Wildman–Crippen LogP) is 5.53. The van der Waals surface area contributed by atoms with E-state index in [0.717, 1.165) is 16.7 Å². The van der Waals surface area contributed by atoms with Crippen molar-refractivity contribution in [1.82, 2.24) is 10.2 Å². The topological polar surface area (TPSA) is 125 Å². The van der Waals surface area contributed by atoms with Crippen LogP contribution in [0.4, 0.5) is 5.69 Å². The first-order valence-corrected chi connectivity index (χ1v) is 15.8. The van der Waals surface area contributed by atoms with Crippen molar-refractivity contribution in [2.75, 3.05) is 0 Å². The Morgan fingerprint density at radius 1 is 0.911 bits per heavy atom. The highest BCUT2D eigenvalue weighted by molar-refractivity contribution is 7.95. The largest absolute Gasteiger partial charge is 0.610 e. The first kappa shape index (κ1) is 30.3. The highest BCUT2D eigenvalue weighted by Gasteiger charge is 2.53. The van der Waals surface area contributed by atoms with Crippen LogP contribution in [-0.4, -0.2) is 37.7 Å². The maximum absolute atomic E-state index is 14.4. The number of ether oxygens (including phenoxy) is 1. The Morgan fingerprint density at radius 3 is 1.89 bits per heavy atom. The quantitative estimate of drug-likeness (QED) is 0.0583. The van der Waals surface area contributed by atoms with Crippen LogP contribution in [0.1, 0.15) is 42.0 Å². The van der Waals surface area contributed by atoms with Gasteiger partial charge in [-0.2, -0.15) is 0 Å². The van der Waals surface area contributed by atoms with Crippen molar-refractivity contribution in [3.63, 3.8) is 0 Å². The third-order valence-electron chi connectivity index (χ3n) is 8.28. The van der Waals surface area contributed by atoms with Gasteiger partial charge >= 0.3 is 5.97 Å². The van der Waals surface area contributed by atoms with Gasteiger partial charge in [0.05, 0.1) is 16.5 Å². The molecule has 0 saturated carbocycles. The van der Waals surface area contributed by atoms with E-state index in [1.54, 1.807) is 0 Å². The minimum atomic E-state index is -1.73. The van der Waals surface area contributed by atoms with Gasteiger partial charge in [-0.3, -0.25) is 25.1 Å². The number of esters is 1. The van der Waals surface area contributed by atoms with Gasteiger partial charge in [0.25, 0.3) is 5.69 Å². The van der Waals surface area contributed by atoms with Gasteiger partial charge in [-0.05, 0) is 41.3 Å². The summed E-state index contributed by atoms with van der Waals surface area (Å²) in [5.74, 6) is -0.970. The van der Waals surface area contributed by atoms with Gasteiger partial charge in [0.2, 0.25) is 5.91 Å². The van der Waals surface area contributed by atoms with Crippen molar-refractivity contribution in [1.29, 1.82) is 0 Å². The van der Waals surface area contributed by atoms with E-state index in [1.807, 2.05) is 97.9 Å². The zero-order chi connectivity index (χ0) is 31.6. The lowest BCUT2D eigenvalue weighted by Gasteiger charge is -2.39. The summed E-state index contributed by atoms with van der Waals surface area (Å²) in [6.07, 6.45) is 0.574. The average Bonchev–Trinajstić information content (AvgIpc) is 3.39. The number of carbonyl (C=O) groups is 2. The number of fused-ring (bicyclic) bond motifs is 1. The number of nitrogens with zero attached hydrogens (tertiary/aromatic N) is 2. The normalized spacial score (nSPS) is 17.3. The molecule has 0 aromatic heterocycles. The summed E-state index contributed by atoms with van der Waals surface area (Å²) < 4.78 is 20.0. The number of nitrogens with one attached hydrogen (secondary N) is 1. The molecule has 0 aliphatic carbocycles. The van der Waals surface area contributed by atoms with Gasteiger partial charge < -0.3 is 9.29 Å². The molecule has 45 heavy (non-hydrogen) atoms. The van der Waals surface area contributed by atoms with Crippen LogP contribution in [0, 0.1) is 10.1 Å². The molecule has 1 N–H and O–H groups in total. The number of hydrogen-bond acceptors (Lipinski definition) is 7. The number of amides is 1. The number of nitro groups is 1. The van der Waals surface area contributed by atoms with E-state index in [0.29, 0.717) is 16.9 Å². The Bertz CT molecular complexity index is 1640. The summed E-state index contributed by atoms with van der Waals surface area (Å²) >= 11 is -1.73. The molecule has 1 amide bonds. The number of nitro benzene ring substituents is 1. The van der Waals surface area contributed by atoms with Crippen LogP contribution in [-0.2, 0) is 37.6 Å². The summed E-state index contributed by atoms with van der Waals surface area (Å²) in [4.78, 5) is 38.3. The molecule has 2 heterocycles. The molecule has 4 aromatic carbocycles. The van der Waals surface area contributed by atoms with Crippen molar-refractivity contribution in [2.45, 2.75) is 43.3 Å². The van der Waals surface area contributed by atoms with Crippen molar-refractivity contribution < 1.29 is 23.8 Å².